The maximum absolute atomic E-state index is 4.73. The molecule has 0 bridgehead atoms. The highest BCUT2D eigenvalue weighted by atomic mass is 14.8. The molecule has 10 nitrogen and oxygen atoms in total. The molecule has 0 aromatic carbocycles. The molecular formula is C72H74N10. The van der Waals surface area contributed by atoms with Gasteiger partial charge in [0.2, 0.25) is 0 Å². The lowest BCUT2D eigenvalue weighted by Crippen LogP contribution is -1.98. The van der Waals surface area contributed by atoms with E-state index in [4.69, 9.17) is 9.97 Å². The van der Waals surface area contributed by atoms with Crippen LogP contribution >= 0.6 is 0 Å². The number of rotatable bonds is 0. The Kier molecular flexibility index (Phi) is 14.7. The van der Waals surface area contributed by atoms with Crippen LogP contribution in [0.5, 0.6) is 0 Å². The zero-order valence-electron chi connectivity index (χ0n) is 51.0. The third-order valence-corrected chi connectivity index (χ3v) is 17.6. The summed E-state index contributed by atoms with van der Waals surface area (Å²) in [6, 6.07) is 19.6. The second-order valence-electron chi connectivity index (χ2n) is 23.4. The predicted molar refractivity (Wildman–Crippen MR) is 332 cm³/mol. The summed E-state index contributed by atoms with van der Waals surface area (Å²) in [5.74, 6) is 0. The van der Waals surface area contributed by atoms with Gasteiger partial charge in [0.1, 0.15) is 0 Å². The normalized spacial score (nSPS) is 12.5. The number of nitrogens with zero attached hydrogens (tertiary/aromatic N) is 10. The van der Waals surface area contributed by atoms with Crippen molar-refractivity contribution in [1.29, 1.82) is 0 Å². The average Bonchev–Trinajstić information content (AvgIpc) is 4.43. The molecule has 0 amide bonds. The summed E-state index contributed by atoms with van der Waals surface area (Å²) in [5, 5.41) is 0. The van der Waals surface area contributed by atoms with Crippen molar-refractivity contribution in [3.8, 4) is 55.6 Å². The first-order valence-electron chi connectivity index (χ1n) is 28.8. The summed E-state index contributed by atoms with van der Waals surface area (Å²) in [5.41, 5.74) is 45.6. The molecule has 0 N–H and O–H groups in total. The summed E-state index contributed by atoms with van der Waals surface area (Å²) in [7, 11) is 0. The molecule has 82 heavy (non-hydrogen) atoms. The lowest BCUT2D eigenvalue weighted by molar-refractivity contribution is 1.01. The van der Waals surface area contributed by atoms with Crippen LogP contribution < -0.4 is 0 Å². The summed E-state index contributed by atoms with van der Waals surface area (Å²) < 4.78 is 0. The second kappa shape index (κ2) is 21.8. The van der Waals surface area contributed by atoms with Crippen LogP contribution in [0.3, 0.4) is 0 Å². The topological polar surface area (TPSA) is 129 Å². The van der Waals surface area contributed by atoms with E-state index in [1.54, 1.807) is 0 Å². The summed E-state index contributed by atoms with van der Waals surface area (Å²) >= 11 is 0. The van der Waals surface area contributed by atoms with Crippen LogP contribution in [0, 0.1) is 118 Å². The first-order valence-corrected chi connectivity index (χ1v) is 28.8. The largest absolute Gasteiger partial charge is 0.260 e. The van der Waals surface area contributed by atoms with E-state index in [0.29, 0.717) is 0 Å². The Morgan fingerprint density at radius 3 is 1.22 bits per heavy atom. The van der Waals surface area contributed by atoms with E-state index in [1.807, 2.05) is 31.7 Å². The smallest absolute Gasteiger partial charge is 0.0548 e. The van der Waals surface area contributed by atoms with Crippen LogP contribution in [-0.2, 0) is 32.1 Å². The highest BCUT2D eigenvalue weighted by molar-refractivity contribution is 5.82. The SMILES string of the molecule is Cc1cc2c(nc1C)Cc1nccc(C)c1-2.Cc1ccc2c(n1)Cc1nc(C)c(C)cc1-2.Cc1ccnc2c1-c1c(nc(C)c(C)c1C)C2.Cc1cnc2c(c1)-c1c(nc(C)c(C)c1C)C2.Cc1cnc2c(c1)-c1cc(C)c(C)nc1C2. The zero-order chi connectivity index (χ0) is 58.2. The van der Waals surface area contributed by atoms with Crippen molar-refractivity contribution in [2.45, 2.75) is 150 Å². The maximum atomic E-state index is 4.73. The first kappa shape index (κ1) is 55.4. The van der Waals surface area contributed by atoms with Crippen molar-refractivity contribution < 1.29 is 0 Å². The quantitative estimate of drug-likeness (QED) is 0.145. The van der Waals surface area contributed by atoms with Crippen molar-refractivity contribution in [1.82, 2.24) is 49.8 Å². The highest BCUT2D eigenvalue weighted by Gasteiger charge is 2.28. The third-order valence-electron chi connectivity index (χ3n) is 17.6. The Morgan fingerprint density at radius 1 is 0.256 bits per heavy atom. The molecule has 0 saturated carbocycles. The maximum Gasteiger partial charge on any atom is 0.0548 e. The van der Waals surface area contributed by atoms with E-state index in [2.05, 4.69) is 205 Å². The molecule has 0 aliphatic heterocycles. The van der Waals surface area contributed by atoms with Crippen LogP contribution in [-0.4, -0.2) is 49.8 Å². The van der Waals surface area contributed by atoms with E-state index in [0.717, 1.165) is 72.0 Å². The molecule has 0 radical (unpaired) electrons. The van der Waals surface area contributed by atoms with Gasteiger partial charge >= 0.3 is 0 Å². The van der Waals surface area contributed by atoms with Gasteiger partial charge in [-0.25, -0.2) is 0 Å². The lowest BCUT2D eigenvalue weighted by Gasteiger charge is -2.12. The molecule has 0 spiro atoms. The fourth-order valence-electron chi connectivity index (χ4n) is 12.2. The van der Waals surface area contributed by atoms with E-state index >= 15 is 0 Å². The average molecular weight is 1080 g/mol. The molecule has 5 aliphatic rings. The monoisotopic (exact) mass is 1080 g/mol. The minimum absolute atomic E-state index is 0.881. The minimum Gasteiger partial charge on any atom is -0.260 e. The van der Waals surface area contributed by atoms with Gasteiger partial charge in [0.15, 0.2) is 0 Å². The van der Waals surface area contributed by atoms with Gasteiger partial charge in [0.05, 0.1) is 56.9 Å². The van der Waals surface area contributed by atoms with Gasteiger partial charge in [-0.15, -0.1) is 0 Å². The molecule has 10 heterocycles. The van der Waals surface area contributed by atoms with Crippen LogP contribution in [0.2, 0.25) is 0 Å². The summed E-state index contributed by atoms with van der Waals surface area (Å²) in [4.78, 5) is 46.0. The van der Waals surface area contributed by atoms with Crippen molar-refractivity contribution in [3.63, 3.8) is 0 Å². The molecule has 10 aromatic rings. The van der Waals surface area contributed by atoms with Gasteiger partial charge in [-0.3, -0.25) is 49.8 Å². The first-order chi connectivity index (χ1) is 39.1. The summed E-state index contributed by atoms with van der Waals surface area (Å²) in [6.07, 6.45) is 12.1. The Balaban J connectivity index is 0.000000108. The molecule has 10 heteroatoms. The van der Waals surface area contributed by atoms with Crippen molar-refractivity contribution in [2.75, 3.05) is 0 Å². The summed E-state index contributed by atoms with van der Waals surface area (Å²) in [6.45, 7) is 35.9. The fraction of sp³-hybridized carbons (Fsp3) is 0.306. The van der Waals surface area contributed by atoms with E-state index in [1.165, 1.54) is 168 Å². The number of fused-ring (bicyclic) bond motifs is 15. The molecular weight excluding hydrogens is 1000 g/mol. The molecule has 5 aliphatic carbocycles. The fourth-order valence-corrected chi connectivity index (χ4v) is 12.2. The Hall–Kier alpha value is -8.50. The van der Waals surface area contributed by atoms with Crippen molar-refractivity contribution >= 4 is 0 Å². The molecule has 10 aromatic heterocycles. The standard InChI is InChI=1S/2C15H16N2.3C14H14N2/c1-8-5-12-13(16-7-8)6-14-15(12)10(3)9(2)11(4)17-14;1-8-5-6-16-12-7-13-15(14(8)12)10(3)9(2)11(4)17-13;1-8-4-11-12-5-9(2)10(3)16-14(12)6-13(11)15-7-8;1-8-6-12-11-5-4-9(2)15-13(11)7-14(12)16-10(8)3;1-8-4-5-15-13-7-12-11(14(8)13)6-9(2)10(3)16-12/h5,7H,6H2,1-4H3;5-6H,7H2,1-4H3;4-5,7H,6H2,1-3H3;2*4-6H,7H2,1-3H3. The van der Waals surface area contributed by atoms with Crippen molar-refractivity contribution in [3.05, 3.63) is 232 Å². The van der Waals surface area contributed by atoms with Gasteiger partial charge in [-0.1, -0.05) is 6.07 Å². The Labute approximate surface area is 484 Å². The minimum atomic E-state index is 0.881. The highest BCUT2D eigenvalue weighted by Crippen LogP contribution is 2.43. The van der Waals surface area contributed by atoms with Gasteiger partial charge in [0.25, 0.3) is 0 Å². The van der Waals surface area contributed by atoms with E-state index < -0.39 is 0 Å². The number of aryl methyl sites for hydroxylation is 13. The van der Waals surface area contributed by atoms with Crippen LogP contribution in [0.1, 0.15) is 152 Å². The van der Waals surface area contributed by atoms with Gasteiger partial charge < -0.3 is 0 Å². The van der Waals surface area contributed by atoms with Crippen LogP contribution in [0.15, 0.2) is 79.4 Å². The number of hydrogen-bond donors (Lipinski definition) is 0. The number of pyridine rings is 10. The molecule has 0 saturated heterocycles. The zero-order valence-corrected chi connectivity index (χ0v) is 51.0. The van der Waals surface area contributed by atoms with Gasteiger partial charge in [0, 0.05) is 147 Å². The van der Waals surface area contributed by atoms with E-state index in [-0.39, 0.29) is 0 Å². The predicted octanol–water partition coefficient (Wildman–Crippen LogP) is 15.5. The molecule has 0 unspecified atom stereocenters. The molecule has 0 atom stereocenters. The second-order valence-corrected chi connectivity index (χ2v) is 23.4. The molecule has 15 rings (SSSR count). The molecule has 412 valence electrons. The van der Waals surface area contributed by atoms with Crippen molar-refractivity contribution in [2.24, 2.45) is 0 Å². The van der Waals surface area contributed by atoms with Crippen LogP contribution in [0.4, 0.5) is 0 Å². The third kappa shape index (κ3) is 10.2. The Bertz CT molecular complexity index is 4280. The van der Waals surface area contributed by atoms with Gasteiger partial charge in [-0.2, -0.15) is 0 Å². The van der Waals surface area contributed by atoms with Gasteiger partial charge in [-0.05, 0) is 227 Å². The Morgan fingerprint density at radius 2 is 0.634 bits per heavy atom. The lowest BCUT2D eigenvalue weighted by atomic mass is 9.97. The number of aromatic nitrogens is 10. The van der Waals surface area contributed by atoms with Crippen LogP contribution in [0.25, 0.3) is 55.6 Å². The van der Waals surface area contributed by atoms with E-state index in [9.17, 15) is 0 Å². The number of hydrogen-bond acceptors (Lipinski definition) is 10. The molecule has 0 fully saturated rings.